The molecule has 1 N–H and O–H groups in total. The molecule has 5 heteroatoms. The van der Waals surface area contributed by atoms with E-state index in [1.165, 1.54) is 11.5 Å². The Hall–Kier alpha value is -0.970. The minimum Gasteiger partial charge on any atom is -0.310 e. The Labute approximate surface area is 110 Å². The molecule has 0 spiro atoms. The van der Waals surface area contributed by atoms with E-state index < -0.39 is 0 Å². The van der Waals surface area contributed by atoms with Gasteiger partial charge in [-0.05, 0) is 17.6 Å². The van der Waals surface area contributed by atoms with Crippen molar-refractivity contribution in [3.05, 3.63) is 34.2 Å². The average molecular weight is 268 g/mol. The van der Waals surface area contributed by atoms with Gasteiger partial charge in [0.05, 0.1) is 9.90 Å². The lowest BCUT2D eigenvalue weighted by Crippen LogP contribution is -2.21. The molecule has 0 saturated heterocycles. The molecular formula is C12H14ClN3S. The minimum atomic E-state index is 0.441. The van der Waals surface area contributed by atoms with Gasteiger partial charge < -0.3 is 5.32 Å². The Kier molecular flexibility index (Phi) is 4.10. The summed E-state index contributed by atoms with van der Waals surface area (Å²) in [4.78, 5) is 1.12. The van der Waals surface area contributed by atoms with Gasteiger partial charge in [-0.2, -0.15) is 0 Å². The van der Waals surface area contributed by atoms with E-state index in [0.29, 0.717) is 11.1 Å². The highest BCUT2D eigenvalue weighted by atomic mass is 35.5. The molecule has 1 aromatic heterocycles. The molecule has 0 amide bonds. The third-order valence-corrected chi connectivity index (χ3v) is 3.41. The normalized spacial score (nSPS) is 11.1. The van der Waals surface area contributed by atoms with Crippen LogP contribution in [0.5, 0.6) is 0 Å². The molecule has 0 bridgehead atoms. The fraction of sp³-hybridized carbons (Fsp3) is 0.333. The number of nitrogens with one attached hydrogen (secondary N) is 1. The fourth-order valence-electron chi connectivity index (χ4n) is 1.48. The predicted molar refractivity (Wildman–Crippen MR) is 72.3 cm³/mol. The van der Waals surface area contributed by atoms with Crippen molar-refractivity contribution in [2.24, 2.45) is 0 Å². The number of rotatable bonds is 4. The first-order valence-corrected chi connectivity index (χ1v) is 6.63. The summed E-state index contributed by atoms with van der Waals surface area (Å²) in [5.74, 6) is 0. The Bertz CT molecular complexity index is 496. The molecule has 0 radical (unpaired) electrons. The Morgan fingerprint density at radius 2 is 2.12 bits per heavy atom. The molecule has 0 atom stereocenters. The Morgan fingerprint density at radius 1 is 1.35 bits per heavy atom. The molecule has 0 aliphatic carbocycles. The van der Waals surface area contributed by atoms with Crippen molar-refractivity contribution in [3.63, 3.8) is 0 Å². The van der Waals surface area contributed by atoms with Gasteiger partial charge in [-0.25, -0.2) is 0 Å². The van der Waals surface area contributed by atoms with Gasteiger partial charge >= 0.3 is 0 Å². The van der Waals surface area contributed by atoms with Crippen molar-refractivity contribution in [2.45, 2.75) is 26.4 Å². The van der Waals surface area contributed by atoms with Gasteiger partial charge in [-0.1, -0.05) is 48.1 Å². The average Bonchev–Trinajstić information content (AvgIpc) is 2.75. The molecule has 17 heavy (non-hydrogen) atoms. The smallest absolute Gasteiger partial charge is 0.111 e. The van der Waals surface area contributed by atoms with Gasteiger partial charge in [-0.15, -0.1) is 5.10 Å². The van der Waals surface area contributed by atoms with E-state index in [9.17, 15) is 0 Å². The number of hydrogen-bond donors (Lipinski definition) is 1. The van der Waals surface area contributed by atoms with Gasteiger partial charge in [-0.3, -0.25) is 0 Å². The van der Waals surface area contributed by atoms with E-state index in [0.717, 1.165) is 22.7 Å². The third-order valence-electron chi connectivity index (χ3n) is 2.36. The van der Waals surface area contributed by atoms with Crippen LogP contribution in [0.15, 0.2) is 24.3 Å². The SMILES string of the molecule is CC(C)NCc1snnc1-c1ccccc1Cl. The van der Waals surface area contributed by atoms with Gasteiger partial charge in [0.25, 0.3) is 0 Å². The van der Waals surface area contributed by atoms with Crippen LogP contribution in [0.3, 0.4) is 0 Å². The summed E-state index contributed by atoms with van der Waals surface area (Å²) in [6.07, 6.45) is 0. The lowest BCUT2D eigenvalue weighted by molar-refractivity contribution is 0.593. The van der Waals surface area contributed by atoms with E-state index >= 15 is 0 Å². The summed E-state index contributed by atoms with van der Waals surface area (Å²) in [5.41, 5.74) is 1.83. The quantitative estimate of drug-likeness (QED) is 0.923. The topological polar surface area (TPSA) is 37.8 Å². The van der Waals surface area contributed by atoms with Crippen LogP contribution in [-0.4, -0.2) is 15.6 Å². The zero-order chi connectivity index (χ0) is 12.3. The first-order chi connectivity index (χ1) is 8.18. The first-order valence-electron chi connectivity index (χ1n) is 5.48. The first kappa shape index (κ1) is 12.5. The van der Waals surface area contributed by atoms with Crippen molar-refractivity contribution in [1.82, 2.24) is 14.9 Å². The summed E-state index contributed by atoms with van der Waals surface area (Å²) in [7, 11) is 0. The maximum atomic E-state index is 6.17. The Balaban J connectivity index is 2.28. The van der Waals surface area contributed by atoms with Crippen molar-refractivity contribution in [1.29, 1.82) is 0 Å². The summed E-state index contributed by atoms with van der Waals surface area (Å²) >= 11 is 7.58. The molecular weight excluding hydrogens is 254 g/mol. The number of hydrogen-bond acceptors (Lipinski definition) is 4. The second kappa shape index (κ2) is 5.58. The second-order valence-corrected chi connectivity index (χ2v) is 5.31. The fourth-order valence-corrected chi connectivity index (χ4v) is 2.31. The molecule has 3 nitrogen and oxygen atoms in total. The summed E-state index contributed by atoms with van der Waals surface area (Å²) in [5, 5.41) is 8.25. The largest absolute Gasteiger partial charge is 0.310 e. The van der Waals surface area contributed by atoms with Crippen molar-refractivity contribution < 1.29 is 0 Å². The van der Waals surface area contributed by atoms with Crippen LogP contribution >= 0.6 is 23.1 Å². The number of benzene rings is 1. The Morgan fingerprint density at radius 3 is 2.82 bits per heavy atom. The van der Waals surface area contributed by atoms with Gasteiger partial charge in [0.2, 0.25) is 0 Å². The number of halogens is 1. The molecule has 0 aliphatic heterocycles. The maximum Gasteiger partial charge on any atom is 0.111 e. The van der Waals surface area contributed by atoms with Gasteiger partial charge in [0.1, 0.15) is 5.69 Å². The highest BCUT2D eigenvalue weighted by molar-refractivity contribution is 7.06. The van der Waals surface area contributed by atoms with Crippen LogP contribution in [0.4, 0.5) is 0 Å². The maximum absolute atomic E-state index is 6.17. The van der Waals surface area contributed by atoms with Crippen molar-refractivity contribution in [3.8, 4) is 11.3 Å². The zero-order valence-electron chi connectivity index (χ0n) is 9.77. The highest BCUT2D eigenvalue weighted by Crippen LogP contribution is 2.29. The van der Waals surface area contributed by atoms with Crippen LogP contribution in [-0.2, 0) is 6.54 Å². The standard InChI is InChI=1S/C12H14ClN3S/c1-8(2)14-7-11-12(15-16-17-11)9-5-3-4-6-10(9)13/h3-6,8,14H,7H2,1-2H3. The summed E-state index contributed by atoms with van der Waals surface area (Å²) < 4.78 is 4.01. The molecule has 1 aromatic carbocycles. The zero-order valence-corrected chi connectivity index (χ0v) is 11.3. The van der Waals surface area contributed by atoms with Gasteiger partial charge in [0.15, 0.2) is 0 Å². The van der Waals surface area contributed by atoms with E-state index in [1.807, 2.05) is 24.3 Å². The monoisotopic (exact) mass is 267 g/mol. The molecule has 0 unspecified atom stereocenters. The lowest BCUT2D eigenvalue weighted by Gasteiger charge is -2.07. The minimum absolute atomic E-state index is 0.441. The summed E-state index contributed by atoms with van der Waals surface area (Å²) in [6, 6.07) is 8.15. The summed E-state index contributed by atoms with van der Waals surface area (Å²) in [6.45, 7) is 5.00. The molecule has 0 fully saturated rings. The van der Waals surface area contributed by atoms with E-state index in [1.54, 1.807) is 0 Å². The lowest BCUT2D eigenvalue weighted by atomic mass is 10.1. The van der Waals surface area contributed by atoms with Crippen molar-refractivity contribution >= 4 is 23.1 Å². The van der Waals surface area contributed by atoms with Crippen LogP contribution in [0.25, 0.3) is 11.3 Å². The van der Waals surface area contributed by atoms with Crippen LogP contribution in [0.2, 0.25) is 5.02 Å². The number of nitrogens with zero attached hydrogens (tertiary/aromatic N) is 2. The molecule has 2 aromatic rings. The third kappa shape index (κ3) is 3.03. The van der Waals surface area contributed by atoms with E-state index in [4.69, 9.17) is 11.6 Å². The van der Waals surface area contributed by atoms with Gasteiger partial charge in [0, 0.05) is 18.2 Å². The van der Waals surface area contributed by atoms with Crippen LogP contribution < -0.4 is 5.32 Å². The van der Waals surface area contributed by atoms with Crippen LogP contribution in [0.1, 0.15) is 18.7 Å². The molecule has 0 aliphatic rings. The number of aromatic nitrogens is 2. The van der Waals surface area contributed by atoms with Crippen molar-refractivity contribution in [2.75, 3.05) is 0 Å². The molecule has 0 saturated carbocycles. The van der Waals surface area contributed by atoms with E-state index in [2.05, 4.69) is 28.8 Å². The van der Waals surface area contributed by atoms with Crippen LogP contribution in [0, 0.1) is 0 Å². The second-order valence-electron chi connectivity index (χ2n) is 4.06. The molecule has 90 valence electrons. The molecule has 1 heterocycles. The highest BCUT2D eigenvalue weighted by Gasteiger charge is 2.12. The molecule has 2 rings (SSSR count). The predicted octanol–water partition coefficient (Wildman–Crippen LogP) is 3.36. The van der Waals surface area contributed by atoms with E-state index in [-0.39, 0.29) is 0 Å².